The van der Waals surface area contributed by atoms with Crippen LogP contribution in [-0.2, 0) is 18.8 Å². The van der Waals surface area contributed by atoms with Gasteiger partial charge in [0.15, 0.2) is 0 Å². The minimum atomic E-state index is -0.643. The molecule has 0 amide bonds. The van der Waals surface area contributed by atoms with E-state index in [1.165, 1.54) is 58.8 Å². The average molecular weight is 444 g/mol. The lowest BCUT2D eigenvalue weighted by Gasteiger charge is -2.07. The quantitative estimate of drug-likeness (QED) is 0.305. The first-order valence-corrected chi connectivity index (χ1v) is 11.2. The molecule has 2 rings (SSSR count). The van der Waals surface area contributed by atoms with Gasteiger partial charge in [-0.3, -0.25) is 18.9 Å². The van der Waals surface area contributed by atoms with Crippen LogP contribution in [0.2, 0.25) is 0 Å². The zero-order valence-electron chi connectivity index (χ0n) is 19.2. The molecule has 2 aromatic rings. The second-order valence-electron chi connectivity index (χ2n) is 7.86. The number of benzene rings is 1. The van der Waals surface area contributed by atoms with Crippen LogP contribution in [0.1, 0.15) is 74.2 Å². The molecular formula is C24H33N3O5. The molecule has 32 heavy (non-hydrogen) atoms. The lowest BCUT2D eigenvalue weighted by Crippen LogP contribution is -2.38. The van der Waals surface area contributed by atoms with E-state index in [-0.39, 0.29) is 11.5 Å². The van der Waals surface area contributed by atoms with Crippen LogP contribution in [0.3, 0.4) is 0 Å². The molecule has 0 fully saturated rings. The Balaban J connectivity index is 1.85. The van der Waals surface area contributed by atoms with Gasteiger partial charge >= 0.3 is 11.7 Å². The Hall–Kier alpha value is -3.16. The van der Waals surface area contributed by atoms with Gasteiger partial charge in [-0.05, 0) is 30.7 Å². The van der Waals surface area contributed by atoms with Gasteiger partial charge in [0.25, 0.3) is 5.56 Å². The maximum absolute atomic E-state index is 12.2. The third kappa shape index (κ3) is 6.93. The summed E-state index contributed by atoms with van der Waals surface area (Å²) in [6, 6.07) is 6.43. The number of unbranched alkanes of at least 4 members (excludes halogenated alkanes) is 7. The first kappa shape index (κ1) is 25.1. The summed E-state index contributed by atoms with van der Waals surface area (Å²) >= 11 is 0. The summed E-state index contributed by atoms with van der Waals surface area (Å²) in [7, 11) is 2.69. The fourth-order valence-electron chi connectivity index (χ4n) is 3.28. The number of rotatable bonds is 12. The van der Waals surface area contributed by atoms with Crippen LogP contribution in [0, 0.1) is 0 Å². The van der Waals surface area contributed by atoms with E-state index in [4.69, 9.17) is 4.74 Å². The highest BCUT2D eigenvalue weighted by molar-refractivity contribution is 5.90. The third-order valence-electron chi connectivity index (χ3n) is 5.34. The van der Waals surface area contributed by atoms with E-state index in [0.717, 1.165) is 22.0 Å². The van der Waals surface area contributed by atoms with Crippen LogP contribution in [0.5, 0.6) is 5.88 Å². The summed E-state index contributed by atoms with van der Waals surface area (Å²) in [5, 5.41) is 10.1. The molecule has 174 valence electrons. The van der Waals surface area contributed by atoms with Crippen LogP contribution in [-0.4, -0.2) is 33.0 Å². The molecular weight excluding hydrogens is 410 g/mol. The standard InChI is InChI=1S/C24H33N3O5/c1-4-5-6-7-8-9-10-11-16-32-23(30)18-12-14-19(15-13-18)25-17-20-21(28)26(2)24(31)27(3)22(20)29/h12-15,17,28H,4-11,16H2,1-3H3. The first-order valence-electron chi connectivity index (χ1n) is 11.2. The molecule has 1 aromatic carbocycles. The Bertz CT molecular complexity index is 1040. The third-order valence-corrected chi connectivity index (χ3v) is 5.34. The molecule has 0 unspecified atom stereocenters. The maximum Gasteiger partial charge on any atom is 0.338 e. The van der Waals surface area contributed by atoms with Crippen molar-refractivity contribution in [1.82, 2.24) is 9.13 Å². The average Bonchev–Trinajstić information content (AvgIpc) is 2.80. The zero-order chi connectivity index (χ0) is 23.5. The minimum absolute atomic E-state index is 0.0940. The highest BCUT2D eigenvalue weighted by Crippen LogP contribution is 2.15. The van der Waals surface area contributed by atoms with E-state index < -0.39 is 17.1 Å². The fourth-order valence-corrected chi connectivity index (χ4v) is 3.28. The van der Waals surface area contributed by atoms with Crippen LogP contribution in [0.25, 0.3) is 0 Å². The van der Waals surface area contributed by atoms with Crippen molar-refractivity contribution in [3.05, 3.63) is 56.2 Å². The number of aromatic nitrogens is 2. The minimum Gasteiger partial charge on any atom is -0.494 e. The number of aliphatic imine (C=N–C) groups is 1. The Kier molecular flexibility index (Phi) is 9.91. The SMILES string of the molecule is CCCCCCCCCCOC(=O)c1ccc(N=Cc2c(O)n(C)c(=O)n(C)c2=O)cc1. The number of ether oxygens (including phenoxy) is 1. The summed E-state index contributed by atoms with van der Waals surface area (Å²) in [6.45, 7) is 2.61. The van der Waals surface area contributed by atoms with Crippen LogP contribution in [0.15, 0.2) is 38.8 Å². The number of hydrogen-bond acceptors (Lipinski definition) is 6. The van der Waals surface area contributed by atoms with E-state index in [0.29, 0.717) is 17.9 Å². The zero-order valence-corrected chi connectivity index (χ0v) is 19.2. The molecule has 0 saturated carbocycles. The van der Waals surface area contributed by atoms with Gasteiger partial charge in [0, 0.05) is 20.3 Å². The Morgan fingerprint density at radius 2 is 1.56 bits per heavy atom. The van der Waals surface area contributed by atoms with Crippen molar-refractivity contribution in [3.63, 3.8) is 0 Å². The van der Waals surface area contributed by atoms with Crippen LogP contribution in [0.4, 0.5) is 5.69 Å². The molecule has 0 spiro atoms. The molecule has 1 heterocycles. The van der Waals surface area contributed by atoms with Crippen molar-refractivity contribution in [3.8, 4) is 5.88 Å². The van der Waals surface area contributed by atoms with Gasteiger partial charge in [-0.25, -0.2) is 9.59 Å². The van der Waals surface area contributed by atoms with Crippen molar-refractivity contribution < 1.29 is 14.6 Å². The molecule has 0 bridgehead atoms. The normalized spacial score (nSPS) is 11.2. The van der Waals surface area contributed by atoms with Crippen LogP contribution < -0.4 is 11.2 Å². The molecule has 0 atom stereocenters. The van der Waals surface area contributed by atoms with E-state index in [1.807, 2.05) is 0 Å². The van der Waals surface area contributed by atoms with Gasteiger partial charge in [0.1, 0.15) is 5.56 Å². The Labute approximate surface area is 188 Å². The summed E-state index contributed by atoms with van der Waals surface area (Å²) in [4.78, 5) is 40.3. The largest absolute Gasteiger partial charge is 0.494 e. The summed E-state index contributed by atoms with van der Waals surface area (Å²) in [5.74, 6) is -0.837. The molecule has 8 heteroatoms. The van der Waals surface area contributed by atoms with Crippen molar-refractivity contribution in [2.45, 2.75) is 58.3 Å². The number of hydrogen-bond donors (Lipinski definition) is 1. The van der Waals surface area contributed by atoms with Gasteiger partial charge in [-0.15, -0.1) is 0 Å². The Morgan fingerprint density at radius 3 is 2.19 bits per heavy atom. The topological polar surface area (TPSA) is 103 Å². The molecule has 8 nitrogen and oxygen atoms in total. The maximum atomic E-state index is 12.2. The summed E-state index contributed by atoms with van der Waals surface area (Å²) in [5.41, 5.74) is -0.456. The lowest BCUT2D eigenvalue weighted by molar-refractivity contribution is 0.0497. The predicted octanol–water partition coefficient (Wildman–Crippen LogP) is 3.84. The lowest BCUT2D eigenvalue weighted by atomic mass is 10.1. The van der Waals surface area contributed by atoms with Gasteiger partial charge in [0.2, 0.25) is 5.88 Å². The van der Waals surface area contributed by atoms with Gasteiger partial charge < -0.3 is 9.84 Å². The Morgan fingerprint density at radius 1 is 0.969 bits per heavy atom. The number of aromatic hydroxyl groups is 1. The van der Waals surface area contributed by atoms with Crippen molar-refractivity contribution in [1.29, 1.82) is 0 Å². The summed E-state index contributed by atoms with van der Waals surface area (Å²) < 4.78 is 7.19. The number of esters is 1. The molecule has 0 aliphatic rings. The van der Waals surface area contributed by atoms with Gasteiger partial charge in [-0.2, -0.15) is 0 Å². The van der Waals surface area contributed by atoms with E-state index in [9.17, 15) is 19.5 Å². The van der Waals surface area contributed by atoms with Crippen molar-refractivity contribution in [2.24, 2.45) is 19.1 Å². The smallest absolute Gasteiger partial charge is 0.338 e. The van der Waals surface area contributed by atoms with E-state index >= 15 is 0 Å². The predicted molar refractivity (Wildman–Crippen MR) is 125 cm³/mol. The highest BCUT2D eigenvalue weighted by Gasteiger charge is 2.13. The van der Waals surface area contributed by atoms with Gasteiger partial charge in [0.05, 0.1) is 17.9 Å². The monoisotopic (exact) mass is 443 g/mol. The fraction of sp³-hybridized carbons (Fsp3) is 0.500. The first-order chi connectivity index (χ1) is 15.4. The second-order valence-corrected chi connectivity index (χ2v) is 7.86. The molecule has 0 aliphatic carbocycles. The van der Waals surface area contributed by atoms with Gasteiger partial charge in [-0.1, -0.05) is 51.9 Å². The number of carbonyl (C=O) groups is 1. The number of nitrogens with zero attached hydrogens (tertiary/aromatic N) is 3. The van der Waals surface area contributed by atoms with Crippen molar-refractivity contribution in [2.75, 3.05) is 6.61 Å². The molecule has 1 aromatic heterocycles. The molecule has 0 radical (unpaired) electrons. The van der Waals surface area contributed by atoms with Crippen molar-refractivity contribution >= 4 is 17.9 Å². The summed E-state index contributed by atoms with van der Waals surface area (Å²) in [6.07, 6.45) is 10.7. The molecule has 1 N–H and O–H groups in total. The highest BCUT2D eigenvalue weighted by atomic mass is 16.5. The molecule has 0 saturated heterocycles. The van der Waals surface area contributed by atoms with Crippen LogP contribution >= 0.6 is 0 Å². The van der Waals surface area contributed by atoms with E-state index in [2.05, 4.69) is 11.9 Å². The molecule has 0 aliphatic heterocycles. The van der Waals surface area contributed by atoms with E-state index in [1.54, 1.807) is 24.3 Å². The second kappa shape index (κ2) is 12.6. The number of carbonyl (C=O) groups excluding carboxylic acids is 1.